The van der Waals surface area contributed by atoms with E-state index in [1.165, 1.54) is 38.8 Å². The van der Waals surface area contributed by atoms with Crippen LogP contribution in [0.2, 0.25) is 0 Å². The lowest BCUT2D eigenvalue weighted by atomic mass is 9.85. The van der Waals surface area contributed by atoms with Gasteiger partial charge in [-0.05, 0) is 63.6 Å². The number of aliphatic carboxylic acids is 1. The van der Waals surface area contributed by atoms with Gasteiger partial charge in [0.1, 0.15) is 5.54 Å². The second kappa shape index (κ2) is 6.90. The molecule has 2 aliphatic rings. The van der Waals surface area contributed by atoms with Crippen molar-refractivity contribution in [3.05, 3.63) is 0 Å². The first-order valence-electron chi connectivity index (χ1n) is 8.31. The van der Waals surface area contributed by atoms with Gasteiger partial charge in [-0.3, -0.25) is 4.79 Å². The van der Waals surface area contributed by atoms with Crippen LogP contribution in [0.3, 0.4) is 0 Å². The molecule has 1 heterocycles. The fourth-order valence-corrected chi connectivity index (χ4v) is 4.03. The zero-order valence-electron chi connectivity index (χ0n) is 12.8. The van der Waals surface area contributed by atoms with Gasteiger partial charge in [-0.25, -0.2) is 0 Å². The molecule has 0 amide bonds. The topological polar surface area (TPSA) is 66.6 Å². The van der Waals surface area contributed by atoms with Crippen LogP contribution < -0.4 is 5.73 Å². The van der Waals surface area contributed by atoms with Gasteiger partial charge in [0.15, 0.2) is 0 Å². The normalized spacial score (nSPS) is 32.6. The van der Waals surface area contributed by atoms with Crippen molar-refractivity contribution in [2.24, 2.45) is 17.6 Å². The highest BCUT2D eigenvalue weighted by Crippen LogP contribution is 2.36. The van der Waals surface area contributed by atoms with E-state index in [2.05, 4.69) is 11.8 Å². The van der Waals surface area contributed by atoms with Gasteiger partial charge in [0, 0.05) is 0 Å². The Labute approximate surface area is 122 Å². The molecule has 4 nitrogen and oxygen atoms in total. The number of likely N-dealkylation sites (tertiary alicyclic amines) is 1. The predicted octanol–water partition coefficient (Wildman–Crippen LogP) is 2.47. The molecule has 3 N–H and O–H groups in total. The molecule has 2 unspecified atom stereocenters. The van der Waals surface area contributed by atoms with Crippen LogP contribution in [0.5, 0.6) is 0 Å². The largest absolute Gasteiger partial charge is 0.480 e. The lowest BCUT2D eigenvalue weighted by Crippen LogP contribution is -2.51. The maximum atomic E-state index is 11.4. The number of rotatable bonds is 6. The molecule has 0 radical (unpaired) electrons. The highest BCUT2D eigenvalue weighted by molar-refractivity contribution is 5.79. The number of carboxylic acid groups (broad SMARTS) is 1. The summed E-state index contributed by atoms with van der Waals surface area (Å²) in [4.78, 5) is 13.9. The second-order valence-corrected chi connectivity index (χ2v) is 6.80. The first-order chi connectivity index (χ1) is 9.56. The molecule has 1 saturated heterocycles. The molecule has 1 aliphatic heterocycles. The third-order valence-electron chi connectivity index (χ3n) is 5.47. The Hall–Kier alpha value is -0.610. The van der Waals surface area contributed by atoms with Crippen LogP contribution >= 0.6 is 0 Å². The van der Waals surface area contributed by atoms with Crippen molar-refractivity contribution in [2.75, 3.05) is 19.6 Å². The van der Waals surface area contributed by atoms with Gasteiger partial charge in [-0.1, -0.05) is 26.2 Å². The summed E-state index contributed by atoms with van der Waals surface area (Å²) in [6.07, 6.45) is 8.81. The molecule has 0 aromatic heterocycles. The van der Waals surface area contributed by atoms with Crippen molar-refractivity contribution in [1.29, 1.82) is 0 Å². The van der Waals surface area contributed by atoms with E-state index in [1.807, 2.05) is 0 Å². The molecule has 1 saturated carbocycles. The Kier molecular flexibility index (Phi) is 5.44. The number of nitrogens with two attached hydrogens (primary N) is 1. The standard InChI is InChI=1S/C16H30N2O2/c1-2-4-13-6-10-18(11-7-13)12-8-14-5-3-9-16(14,17)15(19)20/h13-14H,2-12,17H2,1H3,(H,19,20). The molecule has 20 heavy (non-hydrogen) atoms. The summed E-state index contributed by atoms with van der Waals surface area (Å²) in [5, 5.41) is 9.34. The Morgan fingerprint density at radius 3 is 2.60 bits per heavy atom. The summed E-state index contributed by atoms with van der Waals surface area (Å²) in [6.45, 7) is 5.65. The van der Waals surface area contributed by atoms with E-state index in [-0.39, 0.29) is 5.92 Å². The molecule has 0 bridgehead atoms. The quantitative estimate of drug-likeness (QED) is 0.785. The molecular weight excluding hydrogens is 252 g/mol. The fourth-order valence-electron chi connectivity index (χ4n) is 4.03. The molecule has 2 atom stereocenters. The van der Waals surface area contributed by atoms with Gasteiger partial charge in [-0.15, -0.1) is 0 Å². The number of carboxylic acids is 1. The van der Waals surface area contributed by atoms with Crippen molar-refractivity contribution < 1.29 is 9.90 Å². The number of hydrogen-bond donors (Lipinski definition) is 2. The average Bonchev–Trinajstić information content (AvgIpc) is 2.81. The third kappa shape index (κ3) is 3.53. The van der Waals surface area contributed by atoms with Gasteiger partial charge in [0.25, 0.3) is 0 Å². The molecule has 0 aromatic carbocycles. The lowest BCUT2D eigenvalue weighted by Gasteiger charge is -2.34. The summed E-state index contributed by atoms with van der Waals surface area (Å²) >= 11 is 0. The minimum atomic E-state index is -0.958. The van der Waals surface area contributed by atoms with Crippen LogP contribution in [0.4, 0.5) is 0 Å². The highest BCUT2D eigenvalue weighted by atomic mass is 16.4. The summed E-state index contributed by atoms with van der Waals surface area (Å²) in [7, 11) is 0. The summed E-state index contributed by atoms with van der Waals surface area (Å²) in [5.74, 6) is 0.269. The van der Waals surface area contributed by atoms with E-state index in [0.717, 1.165) is 31.7 Å². The van der Waals surface area contributed by atoms with E-state index in [1.54, 1.807) is 0 Å². The van der Waals surface area contributed by atoms with Crippen molar-refractivity contribution in [2.45, 2.75) is 63.8 Å². The van der Waals surface area contributed by atoms with Gasteiger partial charge >= 0.3 is 5.97 Å². The number of carbonyl (C=O) groups is 1. The van der Waals surface area contributed by atoms with Gasteiger partial charge in [-0.2, -0.15) is 0 Å². The molecule has 116 valence electrons. The zero-order chi connectivity index (χ0) is 14.6. The van der Waals surface area contributed by atoms with E-state index in [0.29, 0.717) is 6.42 Å². The van der Waals surface area contributed by atoms with Gasteiger partial charge in [0.2, 0.25) is 0 Å². The highest BCUT2D eigenvalue weighted by Gasteiger charge is 2.45. The fraction of sp³-hybridized carbons (Fsp3) is 0.938. The monoisotopic (exact) mass is 282 g/mol. The zero-order valence-corrected chi connectivity index (χ0v) is 12.8. The number of hydrogen-bond acceptors (Lipinski definition) is 3. The Morgan fingerprint density at radius 1 is 1.30 bits per heavy atom. The van der Waals surface area contributed by atoms with E-state index >= 15 is 0 Å². The lowest BCUT2D eigenvalue weighted by molar-refractivity contribution is -0.144. The summed E-state index contributed by atoms with van der Waals surface area (Å²) in [5.41, 5.74) is 5.15. The molecule has 2 fully saturated rings. The molecule has 0 aromatic rings. The maximum absolute atomic E-state index is 11.4. The number of nitrogens with zero attached hydrogens (tertiary/aromatic N) is 1. The smallest absolute Gasteiger partial charge is 0.323 e. The second-order valence-electron chi connectivity index (χ2n) is 6.80. The van der Waals surface area contributed by atoms with Crippen molar-refractivity contribution in [3.8, 4) is 0 Å². The molecule has 0 spiro atoms. The van der Waals surface area contributed by atoms with Crippen LogP contribution in [0.1, 0.15) is 58.3 Å². The predicted molar refractivity (Wildman–Crippen MR) is 80.6 cm³/mol. The van der Waals surface area contributed by atoms with Gasteiger partial charge in [0.05, 0.1) is 0 Å². The first kappa shape index (κ1) is 15.8. The average molecular weight is 282 g/mol. The van der Waals surface area contributed by atoms with Crippen LogP contribution in [-0.2, 0) is 4.79 Å². The van der Waals surface area contributed by atoms with Crippen LogP contribution in [-0.4, -0.2) is 41.1 Å². The molecule has 2 rings (SSSR count). The van der Waals surface area contributed by atoms with Crippen molar-refractivity contribution in [1.82, 2.24) is 4.90 Å². The Morgan fingerprint density at radius 2 is 2.00 bits per heavy atom. The van der Waals surface area contributed by atoms with E-state index in [9.17, 15) is 9.90 Å². The van der Waals surface area contributed by atoms with Crippen molar-refractivity contribution >= 4 is 5.97 Å². The van der Waals surface area contributed by atoms with E-state index < -0.39 is 11.5 Å². The van der Waals surface area contributed by atoms with Crippen LogP contribution in [0, 0.1) is 11.8 Å². The van der Waals surface area contributed by atoms with Crippen LogP contribution in [0.25, 0.3) is 0 Å². The summed E-state index contributed by atoms with van der Waals surface area (Å²) < 4.78 is 0. The first-order valence-corrected chi connectivity index (χ1v) is 8.31. The van der Waals surface area contributed by atoms with Crippen molar-refractivity contribution in [3.63, 3.8) is 0 Å². The minimum Gasteiger partial charge on any atom is -0.480 e. The molecule has 1 aliphatic carbocycles. The van der Waals surface area contributed by atoms with E-state index in [4.69, 9.17) is 5.73 Å². The minimum absolute atomic E-state index is 0.161. The maximum Gasteiger partial charge on any atom is 0.323 e. The van der Waals surface area contributed by atoms with Gasteiger partial charge < -0.3 is 15.7 Å². The number of piperidine rings is 1. The molecule has 4 heteroatoms. The Balaban J connectivity index is 1.75. The Bertz CT molecular complexity index is 326. The van der Waals surface area contributed by atoms with Crippen LogP contribution in [0.15, 0.2) is 0 Å². The SMILES string of the molecule is CCCC1CCN(CCC2CCCC2(N)C(=O)O)CC1. The molecular formula is C16H30N2O2. The third-order valence-corrected chi connectivity index (χ3v) is 5.47. The summed E-state index contributed by atoms with van der Waals surface area (Å²) in [6, 6.07) is 0.